The number of hydrogen-bond donors (Lipinski definition) is 0. The fourth-order valence-electron chi connectivity index (χ4n) is 1.82. The lowest BCUT2D eigenvalue weighted by Crippen LogP contribution is -2.55. The number of ether oxygens (including phenoxy) is 1. The summed E-state index contributed by atoms with van der Waals surface area (Å²) in [5.41, 5.74) is -2.53. The number of nitrogens with zero attached hydrogens (tertiary/aromatic N) is 3. The van der Waals surface area contributed by atoms with Crippen LogP contribution in [0.25, 0.3) is 0 Å². The summed E-state index contributed by atoms with van der Waals surface area (Å²) in [6, 6.07) is 0. The Morgan fingerprint density at radius 2 is 1.41 bits per heavy atom. The number of allylic oxidation sites excluding steroid dienone is 2. The minimum absolute atomic E-state index is 0.0751. The van der Waals surface area contributed by atoms with Gasteiger partial charge in [0.15, 0.2) is 0 Å². The zero-order valence-electron chi connectivity index (χ0n) is 12.7. The van der Waals surface area contributed by atoms with E-state index >= 15 is 0 Å². The molecule has 0 fully saturated rings. The topological polar surface area (TPSA) is 92.3 Å². The largest absolute Gasteiger partial charge is 0.462 e. The van der Waals surface area contributed by atoms with Crippen molar-refractivity contribution < 1.29 is 9.53 Å². The van der Waals surface area contributed by atoms with E-state index in [9.17, 15) is 19.2 Å². The van der Waals surface area contributed by atoms with Gasteiger partial charge in [0.25, 0.3) is 0 Å². The Bertz CT molecular complexity index is 703. The standard InChI is InChI=1S/C14H19N3O5/c1-5-7-15-12(19)16(8-6-2)14(21)17(13(15)20)9-11(18)22-10(3)4/h5-6,10H,1-2,7-9H2,3-4H3. The summed E-state index contributed by atoms with van der Waals surface area (Å²) >= 11 is 0. The van der Waals surface area contributed by atoms with Gasteiger partial charge in [0.1, 0.15) is 6.54 Å². The number of hydrogen-bond acceptors (Lipinski definition) is 5. The van der Waals surface area contributed by atoms with Gasteiger partial charge < -0.3 is 4.74 Å². The molecule has 22 heavy (non-hydrogen) atoms. The smallest absolute Gasteiger partial charge is 0.337 e. The van der Waals surface area contributed by atoms with Gasteiger partial charge >= 0.3 is 23.0 Å². The van der Waals surface area contributed by atoms with E-state index in [2.05, 4.69) is 13.2 Å². The average Bonchev–Trinajstić information content (AvgIpc) is 2.43. The molecular formula is C14H19N3O5. The van der Waals surface area contributed by atoms with Crippen LogP contribution in [-0.4, -0.2) is 25.8 Å². The summed E-state index contributed by atoms with van der Waals surface area (Å²) in [6.07, 6.45) is 2.32. The first-order valence-electron chi connectivity index (χ1n) is 6.69. The summed E-state index contributed by atoms with van der Waals surface area (Å²) in [6.45, 7) is 9.50. The summed E-state index contributed by atoms with van der Waals surface area (Å²) in [7, 11) is 0. The molecule has 0 saturated heterocycles. The van der Waals surface area contributed by atoms with Crippen LogP contribution in [0.2, 0.25) is 0 Å². The lowest BCUT2D eigenvalue weighted by molar-refractivity contribution is -0.148. The lowest BCUT2D eigenvalue weighted by atomic mass is 10.5. The predicted octanol–water partition coefficient (Wildman–Crippen LogP) is -0.505. The maximum absolute atomic E-state index is 12.2. The highest BCUT2D eigenvalue weighted by molar-refractivity contribution is 5.69. The Morgan fingerprint density at radius 1 is 1.00 bits per heavy atom. The Hall–Kier alpha value is -2.64. The van der Waals surface area contributed by atoms with Crippen molar-refractivity contribution in [3.8, 4) is 0 Å². The minimum atomic E-state index is -0.879. The van der Waals surface area contributed by atoms with Crippen LogP contribution in [0.15, 0.2) is 39.7 Å². The molecule has 0 aromatic carbocycles. The second kappa shape index (κ2) is 7.39. The van der Waals surface area contributed by atoms with E-state index in [4.69, 9.17) is 4.74 Å². The molecule has 0 N–H and O–H groups in total. The van der Waals surface area contributed by atoms with Crippen LogP contribution in [0.1, 0.15) is 13.8 Å². The third-order valence-electron chi connectivity index (χ3n) is 2.66. The van der Waals surface area contributed by atoms with E-state index in [1.165, 1.54) is 12.2 Å². The quantitative estimate of drug-likeness (QED) is 0.500. The van der Waals surface area contributed by atoms with Gasteiger partial charge in [-0.2, -0.15) is 0 Å². The van der Waals surface area contributed by atoms with E-state index in [1.807, 2.05) is 0 Å². The molecule has 8 heteroatoms. The molecule has 0 saturated carbocycles. The first-order chi connectivity index (χ1) is 10.3. The van der Waals surface area contributed by atoms with Crippen molar-refractivity contribution in [3.05, 3.63) is 56.8 Å². The van der Waals surface area contributed by atoms with Crippen molar-refractivity contribution in [1.82, 2.24) is 13.7 Å². The molecule has 120 valence electrons. The normalized spacial score (nSPS) is 10.5. The molecule has 8 nitrogen and oxygen atoms in total. The van der Waals surface area contributed by atoms with E-state index in [-0.39, 0.29) is 19.2 Å². The fraction of sp³-hybridized carbons (Fsp3) is 0.429. The SMILES string of the molecule is C=CCn1c(=O)n(CC=C)c(=O)n(CC(=O)OC(C)C)c1=O. The third kappa shape index (κ3) is 3.72. The summed E-state index contributed by atoms with van der Waals surface area (Å²) in [5.74, 6) is -0.733. The Kier molecular flexibility index (Phi) is 5.85. The van der Waals surface area contributed by atoms with Crippen molar-refractivity contribution in [3.63, 3.8) is 0 Å². The highest BCUT2D eigenvalue weighted by Gasteiger charge is 2.17. The molecule has 0 unspecified atom stereocenters. The van der Waals surface area contributed by atoms with Crippen LogP contribution in [0, 0.1) is 0 Å². The summed E-state index contributed by atoms with van der Waals surface area (Å²) in [4.78, 5) is 48.2. The van der Waals surface area contributed by atoms with Crippen LogP contribution in [0.3, 0.4) is 0 Å². The maximum Gasteiger partial charge on any atom is 0.337 e. The van der Waals surface area contributed by atoms with Crippen LogP contribution in [0.5, 0.6) is 0 Å². The molecule has 1 aromatic rings. The van der Waals surface area contributed by atoms with Crippen molar-refractivity contribution in [2.24, 2.45) is 0 Å². The molecule has 0 aliphatic rings. The van der Waals surface area contributed by atoms with Crippen LogP contribution in [0.4, 0.5) is 0 Å². The minimum Gasteiger partial charge on any atom is -0.462 e. The molecule has 0 atom stereocenters. The highest BCUT2D eigenvalue weighted by Crippen LogP contribution is 1.90. The van der Waals surface area contributed by atoms with Crippen LogP contribution >= 0.6 is 0 Å². The molecule has 0 radical (unpaired) electrons. The number of esters is 1. The van der Waals surface area contributed by atoms with Crippen LogP contribution in [-0.2, 0) is 29.2 Å². The number of carbonyl (C=O) groups is 1. The molecule has 0 bridgehead atoms. The number of aromatic nitrogens is 3. The van der Waals surface area contributed by atoms with Crippen LogP contribution < -0.4 is 17.1 Å². The zero-order valence-corrected chi connectivity index (χ0v) is 12.7. The molecular weight excluding hydrogens is 290 g/mol. The first-order valence-corrected chi connectivity index (χ1v) is 6.69. The van der Waals surface area contributed by atoms with Gasteiger partial charge in [0.05, 0.1) is 19.2 Å². The lowest BCUT2D eigenvalue weighted by Gasteiger charge is -2.12. The second-order valence-electron chi connectivity index (χ2n) is 4.77. The average molecular weight is 309 g/mol. The van der Waals surface area contributed by atoms with E-state index < -0.39 is 29.6 Å². The number of rotatable bonds is 7. The maximum atomic E-state index is 12.2. The van der Waals surface area contributed by atoms with Gasteiger partial charge in [-0.25, -0.2) is 28.1 Å². The van der Waals surface area contributed by atoms with Crippen molar-refractivity contribution >= 4 is 5.97 Å². The molecule has 1 heterocycles. The third-order valence-corrected chi connectivity index (χ3v) is 2.66. The molecule has 1 aromatic heterocycles. The molecule has 0 aliphatic heterocycles. The van der Waals surface area contributed by atoms with Crippen molar-refractivity contribution in [1.29, 1.82) is 0 Å². The van der Waals surface area contributed by atoms with Crippen molar-refractivity contribution in [2.45, 2.75) is 39.6 Å². The van der Waals surface area contributed by atoms with Gasteiger partial charge in [-0.15, -0.1) is 13.2 Å². The first kappa shape index (κ1) is 17.4. The van der Waals surface area contributed by atoms with Crippen molar-refractivity contribution in [2.75, 3.05) is 0 Å². The summed E-state index contributed by atoms with van der Waals surface area (Å²) in [5, 5.41) is 0. The van der Waals surface area contributed by atoms with Gasteiger partial charge in [-0.05, 0) is 13.8 Å². The monoisotopic (exact) mass is 309 g/mol. The number of carbonyl (C=O) groups excluding carboxylic acids is 1. The van der Waals surface area contributed by atoms with E-state index in [0.717, 1.165) is 9.13 Å². The molecule has 0 amide bonds. The Balaban J connectivity index is 3.49. The van der Waals surface area contributed by atoms with E-state index in [0.29, 0.717) is 4.57 Å². The molecule has 0 spiro atoms. The fourth-order valence-corrected chi connectivity index (χ4v) is 1.82. The Morgan fingerprint density at radius 3 is 1.77 bits per heavy atom. The van der Waals surface area contributed by atoms with Gasteiger partial charge in [-0.1, -0.05) is 12.2 Å². The second-order valence-corrected chi connectivity index (χ2v) is 4.77. The summed E-state index contributed by atoms with van der Waals surface area (Å²) < 4.78 is 7.23. The predicted molar refractivity (Wildman–Crippen MR) is 80.8 cm³/mol. The molecule has 1 rings (SSSR count). The van der Waals surface area contributed by atoms with E-state index in [1.54, 1.807) is 13.8 Å². The van der Waals surface area contributed by atoms with Gasteiger partial charge in [-0.3, -0.25) is 4.79 Å². The van der Waals surface area contributed by atoms with Gasteiger partial charge in [0, 0.05) is 0 Å². The highest BCUT2D eigenvalue weighted by atomic mass is 16.5. The molecule has 0 aliphatic carbocycles. The zero-order chi connectivity index (χ0) is 16.9. The Labute approximate surface area is 126 Å². The van der Waals surface area contributed by atoms with Gasteiger partial charge in [0.2, 0.25) is 0 Å².